The molecule has 6 nitrogen and oxygen atoms in total. The van der Waals surface area contributed by atoms with Crippen LogP contribution in [0.3, 0.4) is 0 Å². The second-order valence-electron chi connectivity index (χ2n) is 5.53. The number of benzene rings is 2. The lowest BCUT2D eigenvalue weighted by Crippen LogP contribution is -2.36. The summed E-state index contributed by atoms with van der Waals surface area (Å²) in [6, 6.07) is 11.5. The van der Waals surface area contributed by atoms with E-state index in [4.69, 9.17) is 9.47 Å². The number of fused-ring (bicyclic) bond motifs is 1. The summed E-state index contributed by atoms with van der Waals surface area (Å²) in [7, 11) is 2.97. The van der Waals surface area contributed by atoms with Gasteiger partial charge in [0.2, 0.25) is 0 Å². The van der Waals surface area contributed by atoms with Crippen molar-refractivity contribution in [3.8, 4) is 11.5 Å². The number of hydrogen-bond acceptors (Lipinski definition) is 5. The number of methoxy groups -OCH3 is 2. The van der Waals surface area contributed by atoms with Crippen LogP contribution in [0.4, 0.5) is 5.69 Å². The molecule has 1 aliphatic heterocycles. The fourth-order valence-electron chi connectivity index (χ4n) is 2.82. The van der Waals surface area contributed by atoms with Crippen molar-refractivity contribution in [3.63, 3.8) is 0 Å². The second-order valence-corrected chi connectivity index (χ2v) is 5.53. The van der Waals surface area contributed by atoms with Gasteiger partial charge in [0.05, 0.1) is 20.6 Å². The Bertz CT molecular complexity index is 817. The molecule has 0 fully saturated rings. The molecule has 0 radical (unpaired) electrons. The van der Waals surface area contributed by atoms with Gasteiger partial charge >= 0.3 is 0 Å². The first-order valence-electron chi connectivity index (χ1n) is 7.38. The molecular weight excluding hydrogens is 310 g/mol. The van der Waals surface area contributed by atoms with Crippen LogP contribution in [0.2, 0.25) is 0 Å². The molecule has 2 aromatic rings. The minimum atomic E-state index is -1.87. The molecule has 0 aliphatic carbocycles. The number of para-hydroxylation sites is 1. The molecule has 3 rings (SSSR count). The van der Waals surface area contributed by atoms with E-state index in [1.165, 1.54) is 20.3 Å². The quantitative estimate of drug-likeness (QED) is 0.822. The lowest BCUT2D eigenvalue weighted by molar-refractivity contribution is -0.133. The highest BCUT2D eigenvalue weighted by Crippen LogP contribution is 2.39. The Morgan fingerprint density at radius 3 is 2.54 bits per heavy atom. The molecular formula is C18H17NO5. The number of ether oxygens (including phenoxy) is 2. The zero-order valence-electron chi connectivity index (χ0n) is 13.3. The van der Waals surface area contributed by atoms with Crippen molar-refractivity contribution >= 4 is 17.4 Å². The Labute approximate surface area is 139 Å². The maximum absolute atomic E-state index is 12.6. The van der Waals surface area contributed by atoms with Crippen LogP contribution in [-0.2, 0) is 10.4 Å². The van der Waals surface area contributed by atoms with Crippen molar-refractivity contribution in [3.05, 3.63) is 53.6 Å². The Morgan fingerprint density at radius 2 is 1.83 bits per heavy atom. The highest BCUT2D eigenvalue weighted by atomic mass is 16.5. The number of ketones is 1. The van der Waals surface area contributed by atoms with Gasteiger partial charge in [-0.05, 0) is 24.3 Å². The van der Waals surface area contributed by atoms with Crippen molar-refractivity contribution in [2.75, 3.05) is 19.5 Å². The van der Waals surface area contributed by atoms with E-state index in [2.05, 4.69) is 5.32 Å². The van der Waals surface area contributed by atoms with Crippen molar-refractivity contribution in [1.82, 2.24) is 0 Å². The molecule has 0 aromatic heterocycles. The number of Topliss-reactive ketones (excluding diaryl/α,β-unsaturated/α-hetero) is 1. The molecule has 0 saturated carbocycles. The number of aliphatic hydroxyl groups is 1. The molecule has 0 saturated heterocycles. The molecule has 124 valence electrons. The smallest absolute Gasteiger partial charge is 0.261 e. The second kappa shape index (κ2) is 5.98. The van der Waals surface area contributed by atoms with Gasteiger partial charge in [0.25, 0.3) is 5.91 Å². The summed E-state index contributed by atoms with van der Waals surface area (Å²) in [6.07, 6.45) is -0.356. The third-order valence-electron chi connectivity index (χ3n) is 4.12. The van der Waals surface area contributed by atoms with E-state index in [1.807, 2.05) is 0 Å². The predicted molar refractivity (Wildman–Crippen MR) is 87.5 cm³/mol. The SMILES string of the molecule is COc1ccc(C(=O)C[C@]2(O)C(=O)Nc3ccccc32)cc1OC. The fourth-order valence-corrected chi connectivity index (χ4v) is 2.82. The molecule has 1 heterocycles. The van der Waals surface area contributed by atoms with Gasteiger partial charge in [0.1, 0.15) is 0 Å². The van der Waals surface area contributed by atoms with Crippen molar-refractivity contribution in [2.45, 2.75) is 12.0 Å². The predicted octanol–water partition coefficient (Wildman–Crippen LogP) is 2.12. The Kier molecular flexibility index (Phi) is 3.99. The lowest BCUT2D eigenvalue weighted by Gasteiger charge is -2.20. The van der Waals surface area contributed by atoms with Gasteiger partial charge in [0, 0.05) is 16.8 Å². The summed E-state index contributed by atoms with van der Waals surface area (Å²) in [5, 5.41) is 13.4. The number of carbonyl (C=O) groups excluding carboxylic acids is 2. The van der Waals surface area contributed by atoms with Crippen LogP contribution in [0.1, 0.15) is 22.3 Å². The summed E-state index contributed by atoms with van der Waals surface area (Å²) in [5.74, 6) is -0.0637. The van der Waals surface area contributed by atoms with Crippen LogP contribution < -0.4 is 14.8 Å². The number of nitrogens with one attached hydrogen (secondary N) is 1. The van der Waals surface area contributed by atoms with Crippen LogP contribution >= 0.6 is 0 Å². The maximum Gasteiger partial charge on any atom is 0.261 e. The first-order valence-corrected chi connectivity index (χ1v) is 7.38. The third kappa shape index (κ3) is 2.51. The number of hydrogen-bond donors (Lipinski definition) is 2. The number of rotatable bonds is 5. The van der Waals surface area contributed by atoms with Gasteiger partial charge in [-0.25, -0.2) is 0 Å². The molecule has 0 unspecified atom stereocenters. The van der Waals surface area contributed by atoms with E-state index < -0.39 is 11.5 Å². The van der Waals surface area contributed by atoms with Gasteiger partial charge < -0.3 is 19.9 Å². The molecule has 2 N–H and O–H groups in total. The van der Waals surface area contributed by atoms with E-state index in [-0.39, 0.29) is 12.2 Å². The molecule has 6 heteroatoms. The monoisotopic (exact) mass is 327 g/mol. The number of amides is 1. The minimum Gasteiger partial charge on any atom is -0.493 e. The zero-order chi connectivity index (χ0) is 17.3. The number of anilines is 1. The third-order valence-corrected chi connectivity index (χ3v) is 4.12. The standard InChI is InChI=1S/C18H17NO5/c1-23-15-8-7-11(9-16(15)24-2)14(20)10-18(22)12-5-3-4-6-13(12)19-17(18)21/h3-9,22H,10H2,1-2H3,(H,19,21)/t18-/m1/s1. The fraction of sp³-hybridized carbons (Fsp3) is 0.222. The van der Waals surface area contributed by atoms with E-state index in [0.29, 0.717) is 28.3 Å². The van der Waals surface area contributed by atoms with Gasteiger partial charge in [-0.1, -0.05) is 18.2 Å². The Balaban J connectivity index is 1.91. The van der Waals surface area contributed by atoms with E-state index in [0.717, 1.165) is 0 Å². The summed E-state index contributed by atoms with van der Waals surface area (Å²) in [4.78, 5) is 24.8. The Morgan fingerprint density at radius 1 is 1.12 bits per heavy atom. The van der Waals surface area contributed by atoms with Gasteiger partial charge in [0.15, 0.2) is 22.9 Å². The molecule has 1 amide bonds. The first-order chi connectivity index (χ1) is 11.5. The highest BCUT2D eigenvalue weighted by Gasteiger charge is 2.46. The lowest BCUT2D eigenvalue weighted by atomic mass is 9.88. The van der Waals surface area contributed by atoms with Crippen LogP contribution in [0.15, 0.2) is 42.5 Å². The van der Waals surface area contributed by atoms with Crippen molar-refractivity contribution < 1.29 is 24.2 Å². The minimum absolute atomic E-state index is 0.332. The summed E-state index contributed by atoms with van der Waals surface area (Å²) < 4.78 is 10.3. The average Bonchev–Trinajstić information content (AvgIpc) is 2.85. The summed E-state index contributed by atoms with van der Waals surface area (Å²) in [6.45, 7) is 0. The molecule has 24 heavy (non-hydrogen) atoms. The van der Waals surface area contributed by atoms with E-state index >= 15 is 0 Å². The summed E-state index contributed by atoms with van der Waals surface area (Å²) >= 11 is 0. The number of carbonyl (C=O) groups is 2. The van der Waals surface area contributed by atoms with E-state index in [9.17, 15) is 14.7 Å². The molecule has 0 bridgehead atoms. The molecule has 1 atom stereocenters. The normalized spacial score (nSPS) is 18.7. The molecule has 2 aromatic carbocycles. The van der Waals surface area contributed by atoms with Crippen LogP contribution in [0.25, 0.3) is 0 Å². The average molecular weight is 327 g/mol. The van der Waals surface area contributed by atoms with Crippen LogP contribution in [-0.4, -0.2) is 31.0 Å². The van der Waals surface area contributed by atoms with Crippen LogP contribution in [0, 0.1) is 0 Å². The van der Waals surface area contributed by atoms with Crippen LogP contribution in [0.5, 0.6) is 11.5 Å². The highest BCUT2D eigenvalue weighted by molar-refractivity contribution is 6.09. The first kappa shape index (κ1) is 16.0. The molecule has 0 spiro atoms. The zero-order valence-corrected chi connectivity index (χ0v) is 13.3. The maximum atomic E-state index is 12.6. The van der Waals surface area contributed by atoms with E-state index in [1.54, 1.807) is 36.4 Å². The van der Waals surface area contributed by atoms with Gasteiger partial charge in [-0.2, -0.15) is 0 Å². The van der Waals surface area contributed by atoms with Crippen molar-refractivity contribution in [1.29, 1.82) is 0 Å². The Hall–Kier alpha value is -2.86. The summed E-state index contributed by atoms with van der Waals surface area (Å²) in [5.41, 5.74) is -0.618. The van der Waals surface area contributed by atoms with Gasteiger partial charge in [-0.3, -0.25) is 9.59 Å². The van der Waals surface area contributed by atoms with Crippen molar-refractivity contribution in [2.24, 2.45) is 0 Å². The van der Waals surface area contributed by atoms with Gasteiger partial charge in [-0.15, -0.1) is 0 Å². The molecule has 1 aliphatic rings. The largest absolute Gasteiger partial charge is 0.493 e. The topological polar surface area (TPSA) is 84.9 Å².